The molecule has 0 saturated carbocycles. The first-order valence-electron chi connectivity index (χ1n) is 8.14. The number of fused-ring (bicyclic) bond motifs is 1. The van der Waals surface area contributed by atoms with Gasteiger partial charge in [0.15, 0.2) is 5.82 Å². The Morgan fingerprint density at radius 1 is 1.28 bits per heavy atom. The number of carbonyl (C=O) groups excluding carboxylic acids is 1. The number of rotatable bonds is 5. The van der Waals surface area contributed by atoms with E-state index in [1.807, 2.05) is 26.8 Å². The number of hydrogen-bond donors (Lipinski definition) is 0. The van der Waals surface area contributed by atoms with Crippen molar-refractivity contribution in [2.45, 2.75) is 39.7 Å². The van der Waals surface area contributed by atoms with Crippen LogP contribution in [0.4, 0.5) is 0 Å². The molecule has 1 amide bonds. The van der Waals surface area contributed by atoms with Gasteiger partial charge >= 0.3 is 0 Å². The monoisotopic (exact) mass is 339 g/mol. The van der Waals surface area contributed by atoms with E-state index in [1.165, 1.54) is 0 Å². The van der Waals surface area contributed by atoms with Crippen molar-refractivity contribution in [3.05, 3.63) is 47.6 Å². The third-order valence-electron chi connectivity index (χ3n) is 4.15. The molecule has 1 atom stereocenters. The Kier molecular flexibility index (Phi) is 4.69. The number of likely N-dealkylation sites (N-methyl/N-ethyl adjacent to an activating group) is 1. The van der Waals surface area contributed by atoms with E-state index in [0.717, 1.165) is 17.1 Å². The first-order chi connectivity index (χ1) is 11.9. The third kappa shape index (κ3) is 3.78. The molecule has 3 heterocycles. The summed E-state index contributed by atoms with van der Waals surface area (Å²) in [6.07, 6.45) is 5.80. The van der Waals surface area contributed by atoms with Crippen molar-refractivity contribution in [1.29, 1.82) is 0 Å². The van der Waals surface area contributed by atoms with Crippen LogP contribution in [0.2, 0.25) is 0 Å². The van der Waals surface area contributed by atoms with Crippen molar-refractivity contribution < 1.29 is 4.79 Å². The van der Waals surface area contributed by atoms with Crippen molar-refractivity contribution in [2.24, 2.45) is 0 Å². The van der Waals surface area contributed by atoms with Crippen LogP contribution in [0.1, 0.15) is 29.8 Å². The number of aryl methyl sites for hydroxylation is 2. The van der Waals surface area contributed by atoms with Gasteiger partial charge in [-0.3, -0.25) is 14.8 Å². The molecule has 8 nitrogen and oxygen atoms in total. The summed E-state index contributed by atoms with van der Waals surface area (Å²) >= 11 is 0. The first-order valence-corrected chi connectivity index (χ1v) is 8.14. The zero-order chi connectivity index (χ0) is 18.0. The molecule has 3 rings (SSSR count). The lowest BCUT2D eigenvalue weighted by Gasteiger charge is -2.24. The van der Waals surface area contributed by atoms with Gasteiger partial charge in [-0.2, -0.15) is 4.98 Å². The molecule has 0 aliphatic carbocycles. The van der Waals surface area contributed by atoms with Crippen LogP contribution < -0.4 is 0 Å². The summed E-state index contributed by atoms with van der Waals surface area (Å²) in [7, 11) is 1.78. The molecule has 0 N–H and O–H groups in total. The second-order valence-electron chi connectivity index (χ2n) is 6.21. The highest BCUT2D eigenvalue weighted by atomic mass is 16.2. The summed E-state index contributed by atoms with van der Waals surface area (Å²) in [6, 6.07) is 1.94. The number of amides is 1. The molecule has 130 valence electrons. The van der Waals surface area contributed by atoms with Gasteiger partial charge < -0.3 is 4.90 Å². The van der Waals surface area contributed by atoms with Gasteiger partial charge in [-0.15, -0.1) is 5.10 Å². The van der Waals surface area contributed by atoms with Crippen LogP contribution in [-0.2, 0) is 17.6 Å². The lowest BCUT2D eigenvalue weighted by Crippen LogP contribution is -2.37. The van der Waals surface area contributed by atoms with Crippen molar-refractivity contribution >= 4 is 11.7 Å². The van der Waals surface area contributed by atoms with E-state index in [2.05, 4.69) is 25.0 Å². The minimum absolute atomic E-state index is 0.00309. The Bertz CT molecular complexity index is 891. The number of carbonyl (C=O) groups is 1. The molecule has 8 heteroatoms. The van der Waals surface area contributed by atoms with E-state index in [-0.39, 0.29) is 18.4 Å². The van der Waals surface area contributed by atoms with E-state index < -0.39 is 0 Å². The van der Waals surface area contributed by atoms with Gasteiger partial charge in [0.2, 0.25) is 5.91 Å². The van der Waals surface area contributed by atoms with Crippen LogP contribution in [0, 0.1) is 13.8 Å². The number of nitrogens with zero attached hydrogens (tertiary/aromatic N) is 7. The smallest absolute Gasteiger partial charge is 0.252 e. The highest BCUT2D eigenvalue weighted by Gasteiger charge is 2.19. The van der Waals surface area contributed by atoms with E-state index in [9.17, 15) is 4.79 Å². The summed E-state index contributed by atoms with van der Waals surface area (Å²) in [6.45, 7) is 5.84. The Balaban J connectivity index is 1.70. The predicted octanol–water partition coefficient (Wildman–Crippen LogP) is 1.16. The van der Waals surface area contributed by atoms with E-state index in [4.69, 9.17) is 0 Å². The van der Waals surface area contributed by atoms with E-state index >= 15 is 0 Å². The Morgan fingerprint density at radius 3 is 2.80 bits per heavy atom. The topological polar surface area (TPSA) is 89.2 Å². The van der Waals surface area contributed by atoms with Crippen LogP contribution >= 0.6 is 0 Å². The fourth-order valence-electron chi connectivity index (χ4n) is 2.66. The van der Waals surface area contributed by atoms with Crippen LogP contribution in [-0.4, -0.2) is 53.4 Å². The van der Waals surface area contributed by atoms with Crippen molar-refractivity contribution in [3.8, 4) is 0 Å². The highest BCUT2D eigenvalue weighted by Crippen LogP contribution is 2.09. The summed E-state index contributed by atoms with van der Waals surface area (Å²) in [4.78, 5) is 31.3. The molecule has 0 fully saturated rings. The maximum Gasteiger partial charge on any atom is 0.252 e. The molecule has 0 radical (unpaired) electrons. The SMILES string of the molecule is Cc1cc(C)n2nc(CC(=O)N(C)[C@H](C)Cc3cnccn3)nc2n1. The summed E-state index contributed by atoms with van der Waals surface area (Å²) in [5.41, 5.74) is 2.68. The Morgan fingerprint density at radius 2 is 2.08 bits per heavy atom. The van der Waals surface area contributed by atoms with Crippen molar-refractivity contribution in [1.82, 2.24) is 34.4 Å². The molecule has 0 bridgehead atoms. The second-order valence-corrected chi connectivity index (χ2v) is 6.21. The molecule has 0 spiro atoms. The molecule has 0 saturated heterocycles. The van der Waals surface area contributed by atoms with E-state index in [0.29, 0.717) is 18.0 Å². The molecule has 3 aromatic heterocycles. The fraction of sp³-hybridized carbons (Fsp3) is 0.412. The molecule has 0 unspecified atom stereocenters. The summed E-state index contributed by atoms with van der Waals surface area (Å²) in [5.74, 6) is 0.960. The third-order valence-corrected chi connectivity index (χ3v) is 4.15. The van der Waals surface area contributed by atoms with E-state index in [1.54, 1.807) is 35.1 Å². The number of hydrogen-bond acceptors (Lipinski definition) is 6. The Hall–Kier alpha value is -2.90. The standard InChI is InChI=1S/C17H21N7O/c1-11-7-13(3)24-17(20-11)21-15(22-24)9-16(25)23(4)12(2)8-14-10-18-5-6-19-14/h5-7,10,12H,8-9H2,1-4H3/t12-/m1/s1. The van der Waals surface area contributed by atoms with Gasteiger partial charge in [0, 0.05) is 49.5 Å². The summed E-state index contributed by atoms with van der Waals surface area (Å²) < 4.78 is 1.67. The molecule has 25 heavy (non-hydrogen) atoms. The second kappa shape index (κ2) is 6.92. The maximum atomic E-state index is 12.6. The predicted molar refractivity (Wildman–Crippen MR) is 91.9 cm³/mol. The molecular weight excluding hydrogens is 318 g/mol. The molecule has 0 aromatic carbocycles. The van der Waals surface area contributed by atoms with Crippen LogP contribution in [0.25, 0.3) is 5.78 Å². The van der Waals surface area contributed by atoms with Gasteiger partial charge in [0.1, 0.15) is 0 Å². The lowest BCUT2D eigenvalue weighted by molar-refractivity contribution is -0.131. The first kappa shape index (κ1) is 16.9. The van der Waals surface area contributed by atoms with Gasteiger partial charge in [0.25, 0.3) is 5.78 Å². The Labute approximate surface area is 146 Å². The minimum atomic E-state index is -0.0401. The molecule has 0 aliphatic rings. The average Bonchev–Trinajstić information content (AvgIpc) is 2.97. The molecule has 0 aliphatic heterocycles. The molecular formula is C17H21N7O. The normalized spacial score (nSPS) is 12.3. The lowest BCUT2D eigenvalue weighted by atomic mass is 10.1. The van der Waals surface area contributed by atoms with Gasteiger partial charge in [-0.05, 0) is 26.8 Å². The average molecular weight is 339 g/mol. The summed E-state index contributed by atoms with van der Waals surface area (Å²) in [5, 5.41) is 4.39. The van der Waals surface area contributed by atoms with Gasteiger partial charge in [-0.1, -0.05) is 0 Å². The quantitative estimate of drug-likeness (QED) is 0.693. The van der Waals surface area contributed by atoms with Crippen molar-refractivity contribution in [2.75, 3.05) is 7.05 Å². The van der Waals surface area contributed by atoms with Crippen molar-refractivity contribution in [3.63, 3.8) is 0 Å². The number of aromatic nitrogens is 6. The largest absolute Gasteiger partial charge is 0.342 e. The maximum absolute atomic E-state index is 12.6. The van der Waals surface area contributed by atoms with Crippen LogP contribution in [0.3, 0.4) is 0 Å². The highest BCUT2D eigenvalue weighted by molar-refractivity contribution is 5.78. The van der Waals surface area contributed by atoms with Crippen LogP contribution in [0.15, 0.2) is 24.7 Å². The molecule has 3 aromatic rings. The zero-order valence-electron chi connectivity index (χ0n) is 14.8. The van der Waals surface area contributed by atoms with Gasteiger partial charge in [-0.25, -0.2) is 9.50 Å². The van der Waals surface area contributed by atoms with Gasteiger partial charge in [0.05, 0.1) is 12.1 Å². The minimum Gasteiger partial charge on any atom is -0.342 e. The van der Waals surface area contributed by atoms with Crippen LogP contribution in [0.5, 0.6) is 0 Å². The zero-order valence-corrected chi connectivity index (χ0v) is 14.8. The fourth-order valence-corrected chi connectivity index (χ4v) is 2.66.